The smallest absolute Gasteiger partial charge is 0.181 e. The topological polar surface area (TPSA) is 58.7 Å². The van der Waals surface area contributed by atoms with E-state index in [0.29, 0.717) is 5.56 Å². The molecule has 0 saturated carbocycles. The summed E-state index contributed by atoms with van der Waals surface area (Å²) in [7, 11) is 0. The lowest BCUT2D eigenvalue weighted by Gasteiger charge is -2.18. The zero-order valence-electron chi connectivity index (χ0n) is 9.26. The molecule has 1 aromatic rings. The molecule has 0 fully saturated rings. The molecule has 16 heavy (non-hydrogen) atoms. The van der Waals surface area contributed by atoms with Gasteiger partial charge in [-0.15, -0.1) is 0 Å². The van der Waals surface area contributed by atoms with Gasteiger partial charge in [0.25, 0.3) is 0 Å². The molecule has 2 rings (SSSR count). The van der Waals surface area contributed by atoms with Crippen molar-refractivity contribution in [1.29, 1.82) is 0 Å². The second-order valence-corrected chi connectivity index (χ2v) is 3.89. The number of nitrogens with two attached hydrogens (primary N) is 1. The Morgan fingerprint density at radius 1 is 1.50 bits per heavy atom. The van der Waals surface area contributed by atoms with Gasteiger partial charge in [-0.1, -0.05) is 12.1 Å². The van der Waals surface area contributed by atoms with Gasteiger partial charge in [-0.25, -0.2) is 0 Å². The zero-order chi connectivity index (χ0) is 11.5. The fourth-order valence-corrected chi connectivity index (χ4v) is 1.74. The van der Waals surface area contributed by atoms with Gasteiger partial charge in [0.1, 0.15) is 0 Å². The molecule has 0 aliphatic carbocycles. The number of para-hydroxylation sites is 1. The van der Waals surface area contributed by atoms with Gasteiger partial charge in [0.15, 0.2) is 5.78 Å². The summed E-state index contributed by atoms with van der Waals surface area (Å²) in [6.07, 6.45) is 1.77. The first kappa shape index (κ1) is 10.8. The van der Waals surface area contributed by atoms with Crippen molar-refractivity contribution in [1.82, 2.24) is 0 Å². The van der Waals surface area contributed by atoms with E-state index in [1.54, 1.807) is 13.3 Å². The molecular weight excluding hydrogens is 202 g/mol. The van der Waals surface area contributed by atoms with Crippen LogP contribution in [0.15, 0.2) is 29.3 Å². The summed E-state index contributed by atoms with van der Waals surface area (Å²) < 4.78 is 0. The number of nitrogens with zero attached hydrogens (tertiary/aromatic N) is 2. The fraction of sp³-hybridized carbons (Fsp3) is 0.333. The average Bonchev–Trinajstić information content (AvgIpc) is 2.81. The molecule has 0 amide bonds. The normalized spacial score (nSPS) is 16.5. The van der Waals surface area contributed by atoms with E-state index in [1.807, 2.05) is 29.2 Å². The first-order valence-electron chi connectivity index (χ1n) is 5.35. The highest BCUT2D eigenvalue weighted by Crippen LogP contribution is 2.21. The van der Waals surface area contributed by atoms with Gasteiger partial charge in [0.05, 0.1) is 24.6 Å². The Kier molecular flexibility index (Phi) is 3.01. The Bertz CT molecular complexity index is 426. The minimum atomic E-state index is -0.472. The van der Waals surface area contributed by atoms with E-state index in [1.165, 1.54) is 0 Å². The van der Waals surface area contributed by atoms with Crippen molar-refractivity contribution in [2.75, 3.05) is 18.0 Å². The number of carbonyl (C=O) groups excluding carboxylic acids is 1. The van der Waals surface area contributed by atoms with Crippen molar-refractivity contribution in [2.45, 2.75) is 13.0 Å². The summed E-state index contributed by atoms with van der Waals surface area (Å²) in [5.74, 6) is -0.0316. The number of rotatable bonds is 3. The summed E-state index contributed by atoms with van der Waals surface area (Å²) in [6, 6.07) is 7.03. The molecule has 1 heterocycles. The van der Waals surface area contributed by atoms with Crippen LogP contribution in [0.25, 0.3) is 0 Å². The van der Waals surface area contributed by atoms with Crippen molar-refractivity contribution in [3.05, 3.63) is 29.8 Å². The Morgan fingerprint density at radius 2 is 2.25 bits per heavy atom. The lowest BCUT2D eigenvalue weighted by atomic mass is 10.0. The summed E-state index contributed by atoms with van der Waals surface area (Å²) in [5, 5.41) is 0. The maximum Gasteiger partial charge on any atom is 0.181 e. The van der Waals surface area contributed by atoms with Gasteiger partial charge in [0, 0.05) is 12.1 Å². The maximum absolute atomic E-state index is 11.9. The summed E-state index contributed by atoms with van der Waals surface area (Å²) in [5.41, 5.74) is 7.20. The van der Waals surface area contributed by atoms with Crippen LogP contribution >= 0.6 is 0 Å². The van der Waals surface area contributed by atoms with Crippen molar-refractivity contribution >= 4 is 17.8 Å². The zero-order valence-corrected chi connectivity index (χ0v) is 9.26. The van der Waals surface area contributed by atoms with Crippen molar-refractivity contribution in [3.8, 4) is 0 Å². The van der Waals surface area contributed by atoms with Crippen molar-refractivity contribution in [3.63, 3.8) is 0 Å². The van der Waals surface area contributed by atoms with E-state index in [0.717, 1.165) is 18.8 Å². The Labute approximate surface area is 94.8 Å². The number of aliphatic imine (C=N–C) groups is 1. The summed E-state index contributed by atoms with van der Waals surface area (Å²) in [4.78, 5) is 18.1. The number of anilines is 1. The van der Waals surface area contributed by atoms with E-state index in [4.69, 9.17) is 5.73 Å². The SMILES string of the molecule is CC(N)C(=O)c1ccccc1N1C=NCC1. The molecule has 1 atom stereocenters. The molecule has 1 unspecified atom stereocenters. The number of benzene rings is 1. The van der Waals surface area contributed by atoms with E-state index >= 15 is 0 Å². The predicted octanol–water partition coefficient (Wildman–Crippen LogP) is 1.06. The third-order valence-electron chi connectivity index (χ3n) is 2.58. The van der Waals surface area contributed by atoms with Crippen LogP contribution in [0, 0.1) is 0 Å². The molecule has 1 aliphatic heterocycles. The Morgan fingerprint density at radius 3 is 2.88 bits per heavy atom. The molecule has 84 valence electrons. The van der Waals surface area contributed by atoms with Crippen LogP contribution in [0.1, 0.15) is 17.3 Å². The molecule has 0 radical (unpaired) electrons. The molecule has 0 saturated heterocycles. The van der Waals surface area contributed by atoms with Crippen LogP contribution in [0.2, 0.25) is 0 Å². The quantitative estimate of drug-likeness (QED) is 0.770. The Balaban J connectivity index is 2.37. The lowest BCUT2D eigenvalue weighted by molar-refractivity contribution is 0.0968. The summed E-state index contributed by atoms with van der Waals surface area (Å²) in [6.45, 7) is 3.31. The van der Waals surface area contributed by atoms with Crippen LogP contribution in [0.3, 0.4) is 0 Å². The minimum absolute atomic E-state index is 0.0316. The fourth-order valence-electron chi connectivity index (χ4n) is 1.74. The monoisotopic (exact) mass is 217 g/mol. The van der Waals surface area contributed by atoms with Gasteiger partial charge < -0.3 is 10.6 Å². The molecule has 4 heteroatoms. The minimum Gasteiger partial charge on any atom is -0.330 e. The second-order valence-electron chi connectivity index (χ2n) is 3.89. The first-order valence-corrected chi connectivity index (χ1v) is 5.35. The molecule has 0 aromatic heterocycles. The van der Waals surface area contributed by atoms with Crippen LogP contribution in [0.5, 0.6) is 0 Å². The molecule has 1 aliphatic rings. The van der Waals surface area contributed by atoms with Crippen LogP contribution < -0.4 is 10.6 Å². The molecular formula is C12H15N3O. The van der Waals surface area contributed by atoms with E-state index in [2.05, 4.69) is 4.99 Å². The molecule has 4 nitrogen and oxygen atoms in total. The number of carbonyl (C=O) groups is 1. The molecule has 2 N–H and O–H groups in total. The lowest BCUT2D eigenvalue weighted by Crippen LogP contribution is -2.29. The predicted molar refractivity (Wildman–Crippen MR) is 65.1 cm³/mol. The number of hydrogen-bond donors (Lipinski definition) is 1. The maximum atomic E-state index is 11.9. The number of hydrogen-bond acceptors (Lipinski definition) is 4. The molecule has 1 aromatic carbocycles. The molecule has 0 spiro atoms. The highest BCUT2D eigenvalue weighted by atomic mass is 16.1. The van der Waals surface area contributed by atoms with E-state index < -0.39 is 6.04 Å². The van der Waals surface area contributed by atoms with Gasteiger partial charge in [-0.05, 0) is 19.1 Å². The van der Waals surface area contributed by atoms with Crippen LogP contribution in [-0.2, 0) is 0 Å². The number of ketones is 1. The summed E-state index contributed by atoms with van der Waals surface area (Å²) >= 11 is 0. The third-order valence-corrected chi connectivity index (χ3v) is 2.58. The van der Waals surface area contributed by atoms with Gasteiger partial charge in [-0.3, -0.25) is 9.79 Å². The van der Waals surface area contributed by atoms with Crippen LogP contribution in [-0.4, -0.2) is 31.3 Å². The average molecular weight is 217 g/mol. The second kappa shape index (κ2) is 4.45. The molecule has 0 bridgehead atoms. The largest absolute Gasteiger partial charge is 0.330 e. The van der Waals surface area contributed by atoms with E-state index in [-0.39, 0.29) is 5.78 Å². The van der Waals surface area contributed by atoms with Gasteiger partial charge >= 0.3 is 0 Å². The van der Waals surface area contributed by atoms with Gasteiger partial charge in [-0.2, -0.15) is 0 Å². The standard InChI is InChI=1S/C12H15N3O/c1-9(13)12(16)10-4-2-3-5-11(10)15-7-6-14-8-15/h2-5,8-9H,6-7,13H2,1H3. The third kappa shape index (κ3) is 1.97. The van der Waals surface area contributed by atoms with E-state index in [9.17, 15) is 4.79 Å². The van der Waals surface area contributed by atoms with Crippen molar-refractivity contribution in [2.24, 2.45) is 10.7 Å². The highest BCUT2D eigenvalue weighted by Gasteiger charge is 2.18. The van der Waals surface area contributed by atoms with Crippen molar-refractivity contribution < 1.29 is 4.79 Å². The Hall–Kier alpha value is -1.68. The highest BCUT2D eigenvalue weighted by molar-refractivity contribution is 6.06. The number of Topliss-reactive ketones (excluding diaryl/α,β-unsaturated/α-hetero) is 1. The van der Waals surface area contributed by atoms with Gasteiger partial charge in [0.2, 0.25) is 0 Å². The first-order chi connectivity index (χ1) is 7.70. The van der Waals surface area contributed by atoms with Crippen LogP contribution in [0.4, 0.5) is 5.69 Å².